The summed E-state index contributed by atoms with van der Waals surface area (Å²) in [5, 5.41) is 10.6. The van der Waals surface area contributed by atoms with Gasteiger partial charge in [0.25, 0.3) is 5.69 Å². The molecule has 6 heteroatoms. The second-order valence-corrected chi connectivity index (χ2v) is 4.24. The van der Waals surface area contributed by atoms with Crippen LogP contribution >= 0.6 is 11.6 Å². The number of rotatable bonds is 4. The molecule has 2 rings (SSSR count). The first-order valence-electron chi connectivity index (χ1n) is 5.46. The van der Waals surface area contributed by atoms with Crippen LogP contribution in [-0.4, -0.2) is 20.4 Å². The summed E-state index contributed by atoms with van der Waals surface area (Å²) in [7, 11) is 0. The lowest BCUT2D eigenvalue weighted by atomic mass is 10.1. The first kappa shape index (κ1) is 12.6. The molecule has 5 nitrogen and oxygen atoms in total. The summed E-state index contributed by atoms with van der Waals surface area (Å²) in [5.41, 5.74) is 1.74. The molecule has 0 N–H and O–H groups in total. The zero-order chi connectivity index (χ0) is 13.1. The number of non-ortho nitro benzene ring substituents is 1. The number of nitro benzene ring substituents is 1. The highest BCUT2D eigenvalue weighted by Crippen LogP contribution is 2.21. The van der Waals surface area contributed by atoms with E-state index in [9.17, 15) is 10.1 Å². The van der Waals surface area contributed by atoms with Crippen molar-refractivity contribution in [1.82, 2.24) is 9.55 Å². The van der Waals surface area contributed by atoms with Crippen molar-refractivity contribution in [2.24, 2.45) is 0 Å². The number of hydrogen-bond donors (Lipinski definition) is 0. The van der Waals surface area contributed by atoms with Crippen LogP contribution in [0.5, 0.6) is 0 Å². The molecule has 0 aliphatic carbocycles. The van der Waals surface area contributed by atoms with Crippen LogP contribution in [0.4, 0.5) is 5.69 Å². The third-order valence-electron chi connectivity index (χ3n) is 2.68. The van der Waals surface area contributed by atoms with E-state index in [2.05, 4.69) is 4.98 Å². The molecule has 1 aromatic heterocycles. The van der Waals surface area contributed by atoms with E-state index in [0.717, 1.165) is 17.1 Å². The van der Waals surface area contributed by atoms with Crippen LogP contribution in [0, 0.1) is 17.0 Å². The lowest BCUT2D eigenvalue weighted by molar-refractivity contribution is -0.384. The molecule has 0 saturated heterocycles. The van der Waals surface area contributed by atoms with Gasteiger partial charge in [-0.15, -0.1) is 11.6 Å². The largest absolute Gasteiger partial charge is 0.333 e. The van der Waals surface area contributed by atoms with E-state index in [1.807, 2.05) is 17.7 Å². The van der Waals surface area contributed by atoms with Gasteiger partial charge in [0, 0.05) is 36.3 Å². The van der Waals surface area contributed by atoms with Gasteiger partial charge < -0.3 is 4.57 Å². The van der Waals surface area contributed by atoms with E-state index in [1.54, 1.807) is 12.1 Å². The van der Waals surface area contributed by atoms with Crippen LogP contribution in [0.15, 0.2) is 30.5 Å². The molecule has 0 bridgehead atoms. The van der Waals surface area contributed by atoms with Crippen molar-refractivity contribution < 1.29 is 4.92 Å². The first-order chi connectivity index (χ1) is 8.61. The quantitative estimate of drug-likeness (QED) is 0.485. The summed E-state index contributed by atoms with van der Waals surface area (Å²) in [6, 6.07) is 6.35. The number of aryl methyl sites for hydroxylation is 2. The number of halogens is 1. The van der Waals surface area contributed by atoms with Gasteiger partial charge in [0.15, 0.2) is 0 Å². The Bertz CT molecular complexity index is 563. The molecule has 0 spiro atoms. The third-order valence-corrected chi connectivity index (χ3v) is 2.84. The Hall–Kier alpha value is -1.88. The minimum absolute atomic E-state index is 0.0793. The highest BCUT2D eigenvalue weighted by Gasteiger charge is 2.08. The predicted molar refractivity (Wildman–Crippen MR) is 69.8 cm³/mol. The summed E-state index contributed by atoms with van der Waals surface area (Å²) in [5.74, 6) is 1.40. The van der Waals surface area contributed by atoms with Gasteiger partial charge in [-0.05, 0) is 19.1 Å². The molecular weight excluding hydrogens is 254 g/mol. The van der Waals surface area contributed by atoms with Gasteiger partial charge in [0.05, 0.1) is 10.6 Å². The van der Waals surface area contributed by atoms with Gasteiger partial charge in [-0.25, -0.2) is 4.98 Å². The Labute approximate surface area is 109 Å². The lowest BCUT2D eigenvalue weighted by Gasteiger charge is -1.98. The van der Waals surface area contributed by atoms with E-state index in [4.69, 9.17) is 11.6 Å². The third kappa shape index (κ3) is 2.51. The molecule has 18 heavy (non-hydrogen) atoms. The monoisotopic (exact) mass is 265 g/mol. The molecule has 0 saturated carbocycles. The summed E-state index contributed by atoms with van der Waals surface area (Å²) in [4.78, 5) is 14.6. The van der Waals surface area contributed by atoms with E-state index in [-0.39, 0.29) is 5.69 Å². The van der Waals surface area contributed by atoms with Crippen LogP contribution in [0.25, 0.3) is 11.3 Å². The van der Waals surface area contributed by atoms with E-state index < -0.39 is 4.92 Å². The summed E-state index contributed by atoms with van der Waals surface area (Å²) in [6.45, 7) is 2.61. The highest BCUT2D eigenvalue weighted by atomic mass is 35.5. The molecule has 0 amide bonds. The fourth-order valence-corrected chi connectivity index (χ4v) is 1.90. The SMILES string of the molecule is Cc1nc(-c2ccc([N+](=O)[O-])cc2)cn1CCCl. The highest BCUT2D eigenvalue weighted by molar-refractivity contribution is 6.17. The predicted octanol–water partition coefficient (Wildman–Crippen LogP) is 3.01. The van der Waals surface area contributed by atoms with Gasteiger partial charge in [-0.1, -0.05) is 0 Å². The zero-order valence-corrected chi connectivity index (χ0v) is 10.6. The van der Waals surface area contributed by atoms with Crippen molar-refractivity contribution in [2.75, 3.05) is 5.88 Å². The number of imidazole rings is 1. The molecule has 0 fully saturated rings. The van der Waals surface area contributed by atoms with Crippen molar-refractivity contribution >= 4 is 17.3 Å². The van der Waals surface area contributed by atoms with Crippen molar-refractivity contribution in [1.29, 1.82) is 0 Å². The molecule has 0 radical (unpaired) electrons. The van der Waals surface area contributed by atoms with Crippen molar-refractivity contribution in [3.8, 4) is 11.3 Å². The molecule has 1 heterocycles. The lowest BCUT2D eigenvalue weighted by Crippen LogP contribution is -1.99. The van der Waals surface area contributed by atoms with Crippen molar-refractivity contribution in [3.63, 3.8) is 0 Å². The molecule has 1 aromatic carbocycles. The number of alkyl halides is 1. The average molecular weight is 266 g/mol. The summed E-state index contributed by atoms with van der Waals surface area (Å²) >= 11 is 5.70. The van der Waals surface area contributed by atoms with Gasteiger partial charge in [0.1, 0.15) is 5.82 Å². The number of hydrogen-bond acceptors (Lipinski definition) is 3. The zero-order valence-electron chi connectivity index (χ0n) is 9.84. The maximum Gasteiger partial charge on any atom is 0.269 e. The maximum atomic E-state index is 10.6. The number of aromatic nitrogens is 2. The average Bonchev–Trinajstić information content (AvgIpc) is 2.72. The van der Waals surface area contributed by atoms with Crippen LogP contribution in [0.3, 0.4) is 0 Å². The van der Waals surface area contributed by atoms with Gasteiger partial charge in [-0.2, -0.15) is 0 Å². The van der Waals surface area contributed by atoms with Crippen LogP contribution in [0.2, 0.25) is 0 Å². The number of nitro groups is 1. The Balaban J connectivity index is 2.31. The summed E-state index contributed by atoms with van der Waals surface area (Å²) in [6.07, 6.45) is 1.90. The number of benzene rings is 1. The van der Waals surface area contributed by atoms with Gasteiger partial charge in [0.2, 0.25) is 0 Å². The Kier molecular flexibility index (Phi) is 3.62. The van der Waals surface area contributed by atoms with Crippen molar-refractivity contribution in [3.05, 3.63) is 46.4 Å². The minimum Gasteiger partial charge on any atom is -0.333 e. The topological polar surface area (TPSA) is 61.0 Å². The second-order valence-electron chi connectivity index (χ2n) is 3.86. The molecule has 0 atom stereocenters. The summed E-state index contributed by atoms with van der Waals surface area (Å²) < 4.78 is 1.96. The Morgan fingerprint density at radius 2 is 2.06 bits per heavy atom. The van der Waals surface area contributed by atoms with Crippen LogP contribution < -0.4 is 0 Å². The second kappa shape index (κ2) is 5.18. The fourth-order valence-electron chi connectivity index (χ4n) is 1.72. The molecule has 94 valence electrons. The molecule has 0 aliphatic heterocycles. The maximum absolute atomic E-state index is 10.6. The number of nitrogens with zero attached hydrogens (tertiary/aromatic N) is 3. The Morgan fingerprint density at radius 1 is 1.39 bits per heavy atom. The van der Waals surface area contributed by atoms with Gasteiger partial charge >= 0.3 is 0 Å². The van der Waals surface area contributed by atoms with Crippen LogP contribution in [0.1, 0.15) is 5.82 Å². The molecule has 2 aromatic rings. The normalized spacial score (nSPS) is 10.6. The molecule has 0 unspecified atom stereocenters. The van der Waals surface area contributed by atoms with Crippen LogP contribution in [-0.2, 0) is 6.54 Å². The smallest absolute Gasteiger partial charge is 0.269 e. The van der Waals surface area contributed by atoms with E-state index in [1.165, 1.54) is 12.1 Å². The minimum atomic E-state index is -0.416. The van der Waals surface area contributed by atoms with Gasteiger partial charge in [-0.3, -0.25) is 10.1 Å². The van der Waals surface area contributed by atoms with E-state index >= 15 is 0 Å². The van der Waals surface area contributed by atoms with Crippen molar-refractivity contribution in [2.45, 2.75) is 13.5 Å². The Morgan fingerprint density at radius 3 is 2.61 bits per heavy atom. The standard InChI is InChI=1S/C12H12ClN3O2/c1-9-14-12(8-15(9)7-6-13)10-2-4-11(5-3-10)16(17)18/h2-5,8H,6-7H2,1H3. The van der Waals surface area contributed by atoms with E-state index in [0.29, 0.717) is 12.4 Å². The fraction of sp³-hybridized carbons (Fsp3) is 0.250. The first-order valence-corrected chi connectivity index (χ1v) is 6.00. The molecular formula is C12H12ClN3O2. The molecule has 0 aliphatic rings.